The van der Waals surface area contributed by atoms with E-state index in [0.717, 1.165) is 32.0 Å². The molecule has 2 heterocycles. The lowest BCUT2D eigenvalue weighted by Gasteiger charge is -2.09. The van der Waals surface area contributed by atoms with E-state index < -0.39 is 0 Å². The number of fused-ring (bicyclic) bond motifs is 1. The van der Waals surface area contributed by atoms with Crippen LogP contribution in [0.15, 0.2) is 42.9 Å². The first-order valence-corrected chi connectivity index (χ1v) is 7.61. The zero-order chi connectivity index (χ0) is 14.7. The van der Waals surface area contributed by atoms with Crippen LogP contribution in [0.1, 0.15) is 25.2 Å². The standard InChI is InChI=1S/C17H22N4/c1-3-18-12-14-6-5-7-16-15(14)8-10-21(16)13-17-19-9-11-20(17)4-2/h5-11,18H,3-4,12-13H2,1-2H3. The van der Waals surface area contributed by atoms with E-state index in [1.165, 1.54) is 16.5 Å². The molecule has 21 heavy (non-hydrogen) atoms. The highest BCUT2D eigenvalue weighted by Crippen LogP contribution is 2.21. The molecule has 0 atom stereocenters. The SMILES string of the molecule is CCNCc1cccc2c1ccn2Cc1nccn1CC. The van der Waals surface area contributed by atoms with Crippen LogP contribution in [0.3, 0.4) is 0 Å². The summed E-state index contributed by atoms with van der Waals surface area (Å²) >= 11 is 0. The van der Waals surface area contributed by atoms with E-state index in [1.54, 1.807) is 0 Å². The maximum absolute atomic E-state index is 4.47. The van der Waals surface area contributed by atoms with Crippen LogP contribution >= 0.6 is 0 Å². The summed E-state index contributed by atoms with van der Waals surface area (Å²) in [6.45, 7) is 7.96. The van der Waals surface area contributed by atoms with Gasteiger partial charge < -0.3 is 14.5 Å². The molecular formula is C17H22N4. The number of hydrogen-bond acceptors (Lipinski definition) is 2. The van der Waals surface area contributed by atoms with Crippen LogP contribution in [-0.2, 0) is 19.6 Å². The van der Waals surface area contributed by atoms with Crippen LogP contribution < -0.4 is 5.32 Å². The molecule has 0 radical (unpaired) electrons. The quantitative estimate of drug-likeness (QED) is 0.754. The van der Waals surface area contributed by atoms with Crippen molar-refractivity contribution in [1.82, 2.24) is 19.4 Å². The molecule has 0 aliphatic heterocycles. The molecule has 0 fully saturated rings. The Labute approximate surface area is 125 Å². The summed E-state index contributed by atoms with van der Waals surface area (Å²) in [5.41, 5.74) is 2.63. The van der Waals surface area contributed by atoms with Gasteiger partial charge in [0, 0.05) is 42.6 Å². The second kappa shape index (κ2) is 6.14. The van der Waals surface area contributed by atoms with E-state index in [1.807, 2.05) is 12.4 Å². The topological polar surface area (TPSA) is 34.8 Å². The Hall–Kier alpha value is -2.07. The third kappa shape index (κ3) is 2.72. The van der Waals surface area contributed by atoms with Gasteiger partial charge in [-0.3, -0.25) is 0 Å². The molecule has 0 spiro atoms. The highest BCUT2D eigenvalue weighted by molar-refractivity contribution is 5.83. The number of hydrogen-bond donors (Lipinski definition) is 1. The third-order valence-corrected chi connectivity index (χ3v) is 3.92. The number of nitrogens with zero attached hydrogens (tertiary/aromatic N) is 3. The fraction of sp³-hybridized carbons (Fsp3) is 0.353. The Kier molecular flexibility index (Phi) is 4.06. The van der Waals surface area contributed by atoms with Crippen molar-refractivity contribution in [1.29, 1.82) is 0 Å². The molecular weight excluding hydrogens is 260 g/mol. The largest absolute Gasteiger partial charge is 0.340 e. The molecule has 0 bridgehead atoms. The highest BCUT2D eigenvalue weighted by atomic mass is 15.1. The summed E-state index contributed by atoms with van der Waals surface area (Å²) < 4.78 is 4.47. The van der Waals surface area contributed by atoms with Gasteiger partial charge in [-0.15, -0.1) is 0 Å². The van der Waals surface area contributed by atoms with Crippen LogP contribution in [0.25, 0.3) is 10.9 Å². The Bertz CT molecular complexity index is 723. The predicted molar refractivity (Wildman–Crippen MR) is 86.3 cm³/mol. The van der Waals surface area contributed by atoms with Gasteiger partial charge in [0.1, 0.15) is 5.82 Å². The van der Waals surface area contributed by atoms with Crippen molar-refractivity contribution in [2.24, 2.45) is 0 Å². The summed E-state index contributed by atoms with van der Waals surface area (Å²) in [5, 5.41) is 4.73. The Morgan fingerprint density at radius 3 is 2.81 bits per heavy atom. The fourth-order valence-electron chi connectivity index (χ4n) is 2.77. The molecule has 1 aromatic carbocycles. The smallest absolute Gasteiger partial charge is 0.128 e. The van der Waals surface area contributed by atoms with E-state index in [9.17, 15) is 0 Å². The Morgan fingerprint density at radius 2 is 2.00 bits per heavy atom. The zero-order valence-corrected chi connectivity index (χ0v) is 12.7. The van der Waals surface area contributed by atoms with Crippen molar-refractivity contribution in [3.63, 3.8) is 0 Å². The van der Waals surface area contributed by atoms with Crippen molar-refractivity contribution < 1.29 is 0 Å². The number of rotatable bonds is 6. The molecule has 3 rings (SSSR count). The van der Waals surface area contributed by atoms with Gasteiger partial charge in [0.15, 0.2) is 0 Å². The summed E-state index contributed by atoms with van der Waals surface area (Å²) in [6.07, 6.45) is 6.08. The molecule has 110 valence electrons. The van der Waals surface area contributed by atoms with E-state index >= 15 is 0 Å². The van der Waals surface area contributed by atoms with Gasteiger partial charge in [-0.2, -0.15) is 0 Å². The summed E-state index contributed by atoms with van der Waals surface area (Å²) in [7, 11) is 0. The van der Waals surface area contributed by atoms with E-state index in [4.69, 9.17) is 0 Å². The molecule has 0 aliphatic carbocycles. The minimum atomic E-state index is 0.814. The van der Waals surface area contributed by atoms with Crippen molar-refractivity contribution in [3.8, 4) is 0 Å². The van der Waals surface area contributed by atoms with Crippen molar-refractivity contribution in [2.75, 3.05) is 6.54 Å². The zero-order valence-electron chi connectivity index (χ0n) is 12.7. The van der Waals surface area contributed by atoms with E-state index in [-0.39, 0.29) is 0 Å². The van der Waals surface area contributed by atoms with Gasteiger partial charge in [-0.05, 0) is 31.2 Å². The predicted octanol–water partition coefficient (Wildman–Crippen LogP) is 3.02. The first kappa shape index (κ1) is 13.9. The summed E-state index contributed by atoms with van der Waals surface area (Å²) in [4.78, 5) is 4.47. The van der Waals surface area contributed by atoms with Crippen molar-refractivity contribution in [2.45, 2.75) is 33.5 Å². The number of aryl methyl sites for hydroxylation is 1. The minimum absolute atomic E-state index is 0.814. The second-order valence-corrected chi connectivity index (χ2v) is 5.20. The van der Waals surface area contributed by atoms with Gasteiger partial charge in [-0.25, -0.2) is 4.98 Å². The molecule has 0 aliphatic rings. The lowest BCUT2D eigenvalue weighted by molar-refractivity contribution is 0.661. The number of imidazole rings is 1. The lowest BCUT2D eigenvalue weighted by atomic mass is 10.1. The first-order chi connectivity index (χ1) is 10.3. The van der Waals surface area contributed by atoms with Crippen LogP contribution in [0, 0.1) is 0 Å². The average molecular weight is 282 g/mol. The molecule has 0 amide bonds. The number of aromatic nitrogens is 3. The summed E-state index contributed by atoms with van der Waals surface area (Å²) in [5.74, 6) is 1.10. The first-order valence-electron chi connectivity index (χ1n) is 7.61. The third-order valence-electron chi connectivity index (χ3n) is 3.92. The maximum Gasteiger partial charge on any atom is 0.128 e. The van der Waals surface area contributed by atoms with Gasteiger partial charge >= 0.3 is 0 Å². The fourth-order valence-corrected chi connectivity index (χ4v) is 2.77. The minimum Gasteiger partial charge on any atom is -0.340 e. The van der Waals surface area contributed by atoms with Gasteiger partial charge in [0.05, 0.1) is 6.54 Å². The summed E-state index contributed by atoms with van der Waals surface area (Å²) in [6, 6.07) is 8.73. The second-order valence-electron chi connectivity index (χ2n) is 5.20. The Balaban J connectivity index is 1.93. The van der Waals surface area contributed by atoms with E-state index in [2.05, 4.69) is 63.7 Å². The average Bonchev–Trinajstić information content (AvgIpc) is 3.13. The molecule has 0 saturated heterocycles. The van der Waals surface area contributed by atoms with Crippen LogP contribution in [-0.4, -0.2) is 20.7 Å². The molecule has 0 saturated carbocycles. The lowest BCUT2D eigenvalue weighted by Crippen LogP contribution is -2.12. The Morgan fingerprint density at radius 1 is 1.10 bits per heavy atom. The molecule has 1 N–H and O–H groups in total. The van der Waals surface area contributed by atoms with Crippen LogP contribution in [0.5, 0.6) is 0 Å². The van der Waals surface area contributed by atoms with E-state index in [0.29, 0.717) is 0 Å². The molecule has 4 heteroatoms. The molecule has 3 aromatic rings. The van der Waals surface area contributed by atoms with Crippen molar-refractivity contribution in [3.05, 3.63) is 54.2 Å². The number of benzene rings is 1. The van der Waals surface area contributed by atoms with Gasteiger partial charge in [0.25, 0.3) is 0 Å². The highest BCUT2D eigenvalue weighted by Gasteiger charge is 2.08. The van der Waals surface area contributed by atoms with Crippen LogP contribution in [0.4, 0.5) is 0 Å². The van der Waals surface area contributed by atoms with Gasteiger partial charge in [-0.1, -0.05) is 19.1 Å². The normalized spacial score (nSPS) is 11.3. The molecule has 4 nitrogen and oxygen atoms in total. The van der Waals surface area contributed by atoms with Crippen molar-refractivity contribution >= 4 is 10.9 Å². The van der Waals surface area contributed by atoms with Crippen LogP contribution in [0.2, 0.25) is 0 Å². The molecule has 0 unspecified atom stereocenters. The maximum atomic E-state index is 4.47. The molecule has 2 aromatic heterocycles. The van der Waals surface area contributed by atoms with Gasteiger partial charge in [0.2, 0.25) is 0 Å². The number of nitrogens with one attached hydrogen (secondary N) is 1. The monoisotopic (exact) mass is 282 g/mol.